The highest BCUT2D eigenvalue weighted by atomic mass is 32.2. The van der Waals surface area contributed by atoms with E-state index in [0.717, 1.165) is 16.9 Å². The summed E-state index contributed by atoms with van der Waals surface area (Å²) in [6, 6.07) is 18.0. The Kier molecular flexibility index (Phi) is 5.88. The predicted octanol–water partition coefficient (Wildman–Crippen LogP) is 4.16. The van der Waals surface area contributed by atoms with Crippen molar-refractivity contribution in [2.45, 2.75) is 30.4 Å². The standard InChI is InChI=1S/C18H21NOS/c1-14(2)21-17-11-7-6-10-16(17)18(20)19-13-12-15-8-4-3-5-9-15/h3-11,14H,12-13H2,1-2H3,(H,19,20). The number of carbonyl (C=O) groups is 1. The SMILES string of the molecule is CC(C)Sc1ccccc1C(=O)NCCc1ccccc1. The first-order valence-electron chi connectivity index (χ1n) is 7.24. The average molecular weight is 299 g/mol. The van der Waals surface area contributed by atoms with Crippen LogP contribution in [0.15, 0.2) is 59.5 Å². The van der Waals surface area contributed by atoms with E-state index in [2.05, 4.69) is 31.3 Å². The molecule has 2 aromatic carbocycles. The summed E-state index contributed by atoms with van der Waals surface area (Å²) in [7, 11) is 0. The first-order chi connectivity index (χ1) is 10.2. The Morgan fingerprint density at radius 3 is 2.43 bits per heavy atom. The minimum absolute atomic E-state index is 0.00896. The van der Waals surface area contributed by atoms with Crippen molar-refractivity contribution in [3.05, 3.63) is 65.7 Å². The van der Waals surface area contributed by atoms with Gasteiger partial charge in [-0.25, -0.2) is 0 Å². The Balaban J connectivity index is 1.94. The number of nitrogens with one attached hydrogen (secondary N) is 1. The molecule has 0 heterocycles. The fourth-order valence-corrected chi connectivity index (χ4v) is 3.02. The molecule has 0 unspecified atom stereocenters. The molecule has 3 heteroatoms. The predicted molar refractivity (Wildman–Crippen MR) is 89.9 cm³/mol. The Labute approximate surface area is 131 Å². The molecule has 2 aromatic rings. The van der Waals surface area contributed by atoms with Crippen LogP contribution in [0.4, 0.5) is 0 Å². The Morgan fingerprint density at radius 1 is 1.05 bits per heavy atom. The van der Waals surface area contributed by atoms with Gasteiger partial charge in [-0.1, -0.05) is 56.3 Å². The second kappa shape index (κ2) is 7.89. The van der Waals surface area contributed by atoms with Gasteiger partial charge in [-0.3, -0.25) is 4.79 Å². The maximum absolute atomic E-state index is 12.3. The molecule has 0 aromatic heterocycles. The molecular weight excluding hydrogens is 278 g/mol. The molecule has 1 amide bonds. The van der Waals surface area contributed by atoms with Gasteiger partial charge in [-0.2, -0.15) is 0 Å². The number of benzene rings is 2. The smallest absolute Gasteiger partial charge is 0.252 e. The van der Waals surface area contributed by atoms with Gasteiger partial charge in [0.2, 0.25) is 0 Å². The van der Waals surface area contributed by atoms with Crippen molar-refractivity contribution in [2.24, 2.45) is 0 Å². The molecule has 0 spiro atoms. The third kappa shape index (κ3) is 4.94. The van der Waals surface area contributed by atoms with Gasteiger partial charge in [0.05, 0.1) is 5.56 Å². The van der Waals surface area contributed by atoms with E-state index in [0.29, 0.717) is 11.8 Å². The molecule has 0 saturated heterocycles. The van der Waals surface area contributed by atoms with Crippen molar-refractivity contribution in [3.8, 4) is 0 Å². The molecule has 0 radical (unpaired) electrons. The fraction of sp³-hybridized carbons (Fsp3) is 0.278. The molecule has 0 aliphatic heterocycles. The molecule has 0 fully saturated rings. The summed E-state index contributed by atoms with van der Waals surface area (Å²) >= 11 is 1.72. The summed E-state index contributed by atoms with van der Waals surface area (Å²) < 4.78 is 0. The van der Waals surface area contributed by atoms with Gasteiger partial charge in [0, 0.05) is 16.7 Å². The summed E-state index contributed by atoms with van der Waals surface area (Å²) in [5.74, 6) is 0.00896. The summed E-state index contributed by atoms with van der Waals surface area (Å²) in [4.78, 5) is 13.4. The average Bonchev–Trinajstić information content (AvgIpc) is 2.48. The summed E-state index contributed by atoms with van der Waals surface area (Å²) in [6.07, 6.45) is 0.853. The van der Waals surface area contributed by atoms with E-state index in [9.17, 15) is 4.79 Å². The van der Waals surface area contributed by atoms with Crippen LogP contribution in [-0.4, -0.2) is 17.7 Å². The lowest BCUT2D eigenvalue weighted by molar-refractivity contribution is 0.0951. The lowest BCUT2D eigenvalue weighted by Gasteiger charge is -2.11. The van der Waals surface area contributed by atoms with Crippen LogP contribution in [-0.2, 0) is 6.42 Å². The third-order valence-electron chi connectivity index (χ3n) is 3.04. The minimum Gasteiger partial charge on any atom is -0.352 e. The number of hydrogen-bond donors (Lipinski definition) is 1. The minimum atomic E-state index is 0.00896. The zero-order valence-electron chi connectivity index (χ0n) is 12.5. The number of carbonyl (C=O) groups excluding carboxylic acids is 1. The number of rotatable bonds is 6. The Morgan fingerprint density at radius 2 is 1.71 bits per heavy atom. The van der Waals surface area contributed by atoms with Gasteiger partial charge in [-0.05, 0) is 24.1 Å². The zero-order chi connectivity index (χ0) is 15.1. The second-order valence-corrected chi connectivity index (χ2v) is 6.77. The molecule has 21 heavy (non-hydrogen) atoms. The van der Waals surface area contributed by atoms with Gasteiger partial charge in [0.15, 0.2) is 0 Å². The van der Waals surface area contributed by atoms with Gasteiger partial charge in [0.25, 0.3) is 5.91 Å². The normalized spacial score (nSPS) is 10.6. The Hall–Kier alpha value is -1.74. The molecule has 1 N–H and O–H groups in total. The molecule has 0 atom stereocenters. The van der Waals surface area contributed by atoms with Crippen molar-refractivity contribution in [1.29, 1.82) is 0 Å². The summed E-state index contributed by atoms with van der Waals surface area (Å²) in [5, 5.41) is 3.47. The molecule has 2 nitrogen and oxygen atoms in total. The van der Waals surface area contributed by atoms with E-state index in [1.54, 1.807) is 11.8 Å². The highest BCUT2D eigenvalue weighted by molar-refractivity contribution is 8.00. The van der Waals surface area contributed by atoms with Gasteiger partial charge in [0.1, 0.15) is 0 Å². The van der Waals surface area contributed by atoms with E-state index in [4.69, 9.17) is 0 Å². The number of thioether (sulfide) groups is 1. The van der Waals surface area contributed by atoms with Crippen LogP contribution < -0.4 is 5.32 Å². The van der Waals surface area contributed by atoms with Gasteiger partial charge >= 0.3 is 0 Å². The van der Waals surface area contributed by atoms with Gasteiger partial charge < -0.3 is 5.32 Å². The lowest BCUT2D eigenvalue weighted by atomic mass is 10.1. The first kappa shape index (κ1) is 15.6. The van der Waals surface area contributed by atoms with Crippen LogP contribution in [0.5, 0.6) is 0 Å². The maximum Gasteiger partial charge on any atom is 0.252 e. The molecule has 2 rings (SSSR count). The van der Waals surface area contributed by atoms with Crippen molar-refractivity contribution < 1.29 is 4.79 Å². The van der Waals surface area contributed by atoms with Crippen LogP contribution in [0.25, 0.3) is 0 Å². The van der Waals surface area contributed by atoms with Crippen molar-refractivity contribution in [2.75, 3.05) is 6.54 Å². The Bertz CT molecular complexity index is 581. The van der Waals surface area contributed by atoms with Crippen LogP contribution in [0.3, 0.4) is 0 Å². The van der Waals surface area contributed by atoms with Crippen molar-refractivity contribution in [3.63, 3.8) is 0 Å². The van der Waals surface area contributed by atoms with Crippen LogP contribution in [0.1, 0.15) is 29.8 Å². The van der Waals surface area contributed by atoms with E-state index in [-0.39, 0.29) is 5.91 Å². The highest BCUT2D eigenvalue weighted by Gasteiger charge is 2.11. The quantitative estimate of drug-likeness (QED) is 0.812. The van der Waals surface area contributed by atoms with Crippen LogP contribution >= 0.6 is 11.8 Å². The molecule has 0 aliphatic rings. The maximum atomic E-state index is 12.3. The van der Waals surface area contributed by atoms with E-state index in [1.807, 2.05) is 42.5 Å². The van der Waals surface area contributed by atoms with Gasteiger partial charge in [-0.15, -0.1) is 11.8 Å². The molecule has 0 bridgehead atoms. The fourth-order valence-electron chi connectivity index (χ4n) is 2.07. The first-order valence-corrected chi connectivity index (χ1v) is 8.12. The highest BCUT2D eigenvalue weighted by Crippen LogP contribution is 2.26. The number of amides is 1. The largest absolute Gasteiger partial charge is 0.352 e. The molecule has 0 saturated carbocycles. The summed E-state index contributed by atoms with van der Waals surface area (Å²) in [5.41, 5.74) is 2.01. The van der Waals surface area contributed by atoms with Crippen molar-refractivity contribution >= 4 is 17.7 Å². The lowest BCUT2D eigenvalue weighted by Crippen LogP contribution is -2.26. The zero-order valence-corrected chi connectivity index (χ0v) is 13.3. The van der Waals surface area contributed by atoms with Crippen molar-refractivity contribution in [1.82, 2.24) is 5.32 Å². The molecule has 110 valence electrons. The van der Waals surface area contributed by atoms with E-state index >= 15 is 0 Å². The molecule has 0 aliphatic carbocycles. The third-order valence-corrected chi connectivity index (χ3v) is 4.12. The van der Waals surface area contributed by atoms with E-state index in [1.165, 1.54) is 5.56 Å². The number of hydrogen-bond acceptors (Lipinski definition) is 2. The second-order valence-electron chi connectivity index (χ2n) is 5.15. The van der Waals surface area contributed by atoms with Crippen LogP contribution in [0, 0.1) is 0 Å². The monoisotopic (exact) mass is 299 g/mol. The summed E-state index contributed by atoms with van der Waals surface area (Å²) in [6.45, 7) is 4.92. The topological polar surface area (TPSA) is 29.1 Å². The molecular formula is C18H21NOS. The van der Waals surface area contributed by atoms with Crippen LogP contribution in [0.2, 0.25) is 0 Å². The van der Waals surface area contributed by atoms with E-state index < -0.39 is 0 Å².